The second kappa shape index (κ2) is 5.98. The molecule has 0 radical (unpaired) electrons. The maximum Gasteiger partial charge on any atom is 0.242 e. The van der Waals surface area contributed by atoms with Crippen molar-refractivity contribution >= 4 is 54.6 Å². The number of nitrogens with one attached hydrogen (secondary N) is 1. The number of aromatic nitrogens is 1. The maximum absolute atomic E-state index is 12.3. The predicted molar refractivity (Wildman–Crippen MR) is 84.4 cm³/mol. The lowest BCUT2D eigenvalue weighted by atomic mass is 10.3. The van der Waals surface area contributed by atoms with Crippen molar-refractivity contribution in [3.8, 4) is 0 Å². The van der Waals surface area contributed by atoms with Crippen molar-refractivity contribution in [3.63, 3.8) is 0 Å². The molecular formula is C11H11BrClN3O2S2. The summed E-state index contributed by atoms with van der Waals surface area (Å²) in [7, 11) is -3.72. The van der Waals surface area contributed by atoms with Crippen LogP contribution in [0.15, 0.2) is 26.9 Å². The molecule has 9 heteroatoms. The van der Waals surface area contributed by atoms with Gasteiger partial charge < -0.3 is 5.73 Å². The summed E-state index contributed by atoms with van der Waals surface area (Å²) in [6.45, 7) is 1.97. The van der Waals surface area contributed by atoms with Crippen LogP contribution in [0.1, 0.15) is 10.7 Å². The van der Waals surface area contributed by atoms with E-state index in [9.17, 15) is 8.42 Å². The lowest BCUT2D eigenvalue weighted by Crippen LogP contribution is -2.23. The Bertz CT molecular complexity index is 746. The van der Waals surface area contributed by atoms with Crippen molar-refractivity contribution < 1.29 is 8.42 Å². The molecule has 0 aliphatic heterocycles. The zero-order chi connectivity index (χ0) is 14.9. The Hall–Kier alpha value is -0.670. The molecule has 0 fully saturated rings. The number of rotatable bonds is 4. The van der Waals surface area contributed by atoms with Crippen molar-refractivity contribution in [3.05, 3.63) is 37.7 Å². The molecule has 0 spiro atoms. The number of anilines is 1. The van der Waals surface area contributed by atoms with Gasteiger partial charge in [0.2, 0.25) is 10.0 Å². The highest BCUT2D eigenvalue weighted by Gasteiger charge is 2.20. The highest BCUT2D eigenvalue weighted by atomic mass is 79.9. The van der Waals surface area contributed by atoms with Crippen molar-refractivity contribution in [1.29, 1.82) is 0 Å². The number of aryl methyl sites for hydroxylation is 1. The van der Waals surface area contributed by atoms with Gasteiger partial charge in [-0.15, -0.1) is 11.3 Å². The smallest absolute Gasteiger partial charge is 0.242 e. The molecule has 3 N–H and O–H groups in total. The lowest BCUT2D eigenvalue weighted by Gasteiger charge is -2.09. The van der Waals surface area contributed by atoms with Crippen LogP contribution in [0.25, 0.3) is 0 Å². The number of nitrogens with zero attached hydrogens (tertiary/aromatic N) is 1. The minimum atomic E-state index is -3.72. The molecule has 0 saturated carbocycles. The summed E-state index contributed by atoms with van der Waals surface area (Å²) in [6, 6.07) is 2.83. The topological polar surface area (TPSA) is 85.1 Å². The Kier molecular flexibility index (Phi) is 4.70. The van der Waals surface area contributed by atoms with Crippen LogP contribution in [-0.2, 0) is 16.6 Å². The number of nitrogens with two attached hydrogens (primary N) is 1. The van der Waals surface area contributed by atoms with Gasteiger partial charge in [-0.25, -0.2) is 18.1 Å². The van der Waals surface area contributed by atoms with E-state index in [0.29, 0.717) is 9.48 Å². The van der Waals surface area contributed by atoms with E-state index in [0.717, 1.165) is 5.69 Å². The molecule has 0 aliphatic carbocycles. The van der Waals surface area contributed by atoms with Crippen LogP contribution in [-0.4, -0.2) is 13.4 Å². The normalized spacial score (nSPS) is 11.8. The van der Waals surface area contributed by atoms with Gasteiger partial charge in [0, 0.05) is 21.8 Å². The van der Waals surface area contributed by atoms with Crippen LogP contribution < -0.4 is 10.5 Å². The maximum atomic E-state index is 12.3. The standard InChI is InChI=1S/C11H11BrClN3O2S2/c1-6-5-19-10(16-6)4-15-20(17,18)9-3-7(13)2-8(14)11(9)12/h2-3,5,15H,4,14H2,1H3. The number of sulfonamides is 1. The van der Waals surface area contributed by atoms with Gasteiger partial charge in [0.1, 0.15) is 5.01 Å². The third-order valence-electron chi connectivity index (χ3n) is 2.40. The van der Waals surface area contributed by atoms with Crippen LogP contribution in [0.2, 0.25) is 5.02 Å². The van der Waals surface area contributed by atoms with Crippen molar-refractivity contribution in [2.24, 2.45) is 0 Å². The number of hydrogen-bond donors (Lipinski definition) is 2. The number of nitrogen functional groups attached to an aromatic ring is 1. The molecule has 0 atom stereocenters. The zero-order valence-corrected chi connectivity index (χ0v) is 14.3. The zero-order valence-electron chi connectivity index (χ0n) is 10.4. The molecule has 20 heavy (non-hydrogen) atoms. The molecular weight excluding hydrogens is 386 g/mol. The molecule has 0 saturated heterocycles. The van der Waals surface area contributed by atoms with Crippen molar-refractivity contribution in [2.45, 2.75) is 18.4 Å². The summed E-state index contributed by atoms with van der Waals surface area (Å²) >= 11 is 10.4. The van der Waals surface area contributed by atoms with Gasteiger partial charge in [-0.1, -0.05) is 11.6 Å². The van der Waals surface area contributed by atoms with E-state index in [1.165, 1.54) is 23.5 Å². The first-order valence-corrected chi connectivity index (χ1v) is 8.98. The first kappa shape index (κ1) is 15.7. The highest BCUT2D eigenvalue weighted by Crippen LogP contribution is 2.31. The van der Waals surface area contributed by atoms with Crippen LogP contribution in [0.5, 0.6) is 0 Å². The minimum absolute atomic E-state index is 0.00998. The number of thiazole rings is 1. The molecule has 5 nitrogen and oxygen atoms in total. The Morgan fingerprint density at radius 1 is 1.50 bits per heavy atom. The number of hydrogen-bond acceptors (Lipinski definition) is 5. The summed E-state index contributed by atoms with van der Waals surface area (Å²) in [5.41, 5.74) is 6.82. The van der Waals surface area contributed by atoms with E-state index in [2.05, 4.69) is 25.6 Å². The summed E-state index contributed by atoms with van der Waals surface area (Å²) in [5, 5.41) is 2.81. The van der Waals surface area contributed by atoms with Gasteiger partial charge in [-0.05, 0) is 35.0 Å². The van der Waals surface area contributed by atoms with E-state index < -0.39 is 10.0 Å². The van der Waals surface area contributed by atoms with E-state index in [1.54, 1.807) is 0 Å². The minimum Gasteiger partial charge on any atom is -0.398 e. The first-order chi connectivity index (χ1) is 9.29. The molecule has 1 aromatic carbocycles. The van der Waals surface area contributed by atoms with Crippen LogP contribution in [0.3, 0.4) is 0 Å². The fourth-order valence-electron chi connectivity index (χ4n) is 1.50. The Morgan fingerprint density at radius 3 is 2.80 bits per heavy atom. The second-order valence-electron chi connectivity index (χ2n) is 4.01. The van der Waals surface area contributed by atoms with Gasteiger partial charge in [-0.2, -0.15) is 0 Å². The van der Waals surface area contributed by atoms with E-state index in [4.69, 9.17) is 17.3 Å². The monoisotopic (exact) mass is 395 g/mol. The van der Waals surface area contributed by atoms with E-state index in [1.807, 2.05) is 12.3 Å². The number of benzene rings is 1. The quantitative estimate of drug-likeness (QED) is 0.778. The molecule has 1 aromatic heterocycles. The summed E-state index contributed by atoms with van der Waals surface area (Å²) < 4.78 is 27.3. The van der Waals surface area contributed by atoms with Crippen LogP contribution in [0, 0.1) is 6.92 Å². The summed E-state index contributed by atoms with van der Waals surface area (Å²) in [5.74, 6) is 0. The Labute approximate surface area is 134 Å². The fourth-order valence-corrected chi connectivity index (χ4v) is 4.58. The molecule has 0 amide bonds. The predicted octanol–water partition coefficient (Wildman–Crippen LogP) is 2.93. The SMILES string of the molecule is Cc1csc(CNS(=O)(=O)c2cc(Cl)cc(N)c2Br)n1. The van der Waals surface area contributed by atoms with Gasteiger partial charge >= 0.3 is 0 Å². The van der Waals surface area contributed by atoms with E-state index in [-0.39, 0.29) is 22.2 Å². The van der Waals surface area contributed by atoms with Gasteiger partial charge in [-0.3, -0.25) is 0 Å². The van der Waals surface area contributed by atoms with Gasteiger partial charge in [0.05, 0.1) is 15.9 Å². The summed E-state index contributed by atoms with van der Waals surface area (Å²) in [6.07, 6.45) is 0. The molecule has 2 rings (SSSR count). The van der Waals surface area contributed by atoms with Crippen molar-refractivity contribution in [2.75, 3.05) is 5.73 Å². The summed E-state index contributed by atoms with van der Waals surface area (Å²) in [4.78, 5) is 4.20. The third kappa shape index (κ3) is 3.50. The average molecular weight is 397 g/mol. The van der Waals surface area contributed by atoms with Crippen molar-refractivity contribution in [1.82, 2.24) is 9.71 Å². The van der Waals surface area contributed by atoms with Gasteiger partial charge in [0.25, 0.3) is 0 Å². The molecule has 2 aromatic rings. The lowest BCUT2D eigenvalue weighted by molar-refractivity contribution is 0.580. The molecule has 0 bridgehead atoms. The molecule has 0 aliphatic rings. The fraction of sp³-hybridized carbons (Fsp3) is 0.182. The Balaban J connectivity index is 2.27. The van der Waals surface area contributed by atoms with Gasteiger partial charge in [0.15, 0.2) is 0 Å². The Morgan fingerprint density at radius 2 is 2.20 bits per heavy atom. The third-order valence-corrected chi connectivity index (χ3v) is 6.16. The second-order valence-corrected chi connectivity index (χ2v) is 7.92. The largest absolute Gasteiger partial charge is 0.398 e. The molecule has 1 heterocycles. The molecule has 0 unspecified atom stereocenters. The highest BCUT2D eigenvalue weighted by molar-refractivity contribution is 9.10. The average Bonchev–Trinajstić information content (AvgIpc) is 2.77. The van der Waals surface area contributed by atoms with Crippen LogP contribution >= 0.6 is 38.9 Å². The number of halogens is 2. The van der Waals surface area contributed by atoms with E-state index >= 15 is 0 Å². The first-order valence-electron chi connectivity index (χ1n) is 5.45. The molecule has 108 valence electrons. The van der Waals surface area contributed by atoms with Crippen LogP contribution in [0.4, 0.5) is 5.69 Å².